The lowest BCUT2D eigenvalue weighted by atomic mass is 10.4. The van der Waals surface area contributed by atoms with Crippen LogP contribution in [0.25, 0.3) is 6.08 Å². The maximum absolute atomic E-state index is 11.7. The lowest BCUT2D eigenvalue weighted by molar-refractivity contribution is -0.111. The van der Waals surface area contributed by atoms with Gasteiger partial charge in [-0.05, 0) is 31.1 Å². The zero-order valence-electron chi connectivity index (χ0n) is 11.5. The second-order valence-corrected chi connectivity index (χ2v) is 4.80. The molecule has 1 aliphatic heterocycles. The van der Waals surface area contributed by atoms with E-state index < -0.39 is 0 Å². The maximum Gasteiger partial charge on any atom is 0.248 e. The van der Waals surface area contributed by atoms with E-state index >= 15 is 0 Å². The second kappa shape index (κ2) is 6.21. The summed E-state index contributed by atoms with van der Waals surface area (Å²) in [5.74, 6) is 1.10. The van der Waals surface area contributed by atoms with Gasteiger partial charge in [-0.2, -0.15) is 0 Å². The van der Waals surface area contributed by atoms with Gasteiger partial charge >= 0.3 is 0 Å². The summed E-state index contributed by atoms with van der Waals surface area (Å²) in [5.41, 5.74) is 0.576. The minimum absolute atomic E-state index is 0.246. The van der Waals surface area contributed by atoms with Crippen molar-refractivity contribution >= 4 is 23.6 Å². The summed E-state index contributed by atoms with van der Waals surface area (Å²) in [7, 11) is 0. The predicted octanol–water partition coefficient (Wildman–Crippen LogP) is 2.32. The lowest BCUT2D eigenvalue weighted by Gasteiger charge is -2.14. The Morgan fingerprint density at radius 1 is 1.29 bits per heavy atom. The van der Waals surface area contributed by atoms with Crippen molar-refractivity contribution in [3.8, 4) is 0 Å². The highest BCUT2D eigenvalue weighted by atomic mass is 16.3. The smallest absolute Gasteiger partial charge is 0.248 e. The van der Waals surface area contributed by atoms with E-state index in [1.165, 1.54) is 18.9 Å². The van der Waals surface area contributed by atoms with Crippen molar-refractivity contribution in [2.45, 2.75) is 12.8 Å². The van der Waals surface area contributed by atoms with E-state index in [0.717, 1.165) is 19.0 Å². The summed E-state index contributed by atoms with van der Waals surface area (Å²) < 4.78 is 5.11. The van der Waals surface area contributed by atoms with Crippen molar-refractivity contribution in [1.29, 1.82) is 0 Å². The van der Waals surface area contributed by atoms with E-state index in [4.69, 9.17) is 4.42 Å². The molecule has 6 nitrogen and oxygen atoms in total. The first-order valence-electron chi connectivity index (χ1n) is 6.91. The summed E-state index contributed by atoms with van der Waals surface area (Å²) in [6.45, 7) is 2.00. The van der Waals surface area contributed by atoms with Crippen LogP contribution in [0.1, 0.15) is 18.6 Å². The molecular weight excluding hydrogens is 268 g/mol. The fraction of sp³-hybridized carbons (Fsp3) is 0.267. The van der Waals surface area contributed by atoms with Crippen LogP contribution in [-0.4, -0.2) is 29.0 Å². The van der Waals surface area contributed by atoms with E-state index in [1.807, 2.05) is 0 Å². The number of furan rings is 1. The lowest BCUT2D eigenvalue weighted by Crippen LogP contribution is -2.20. The van der Waals surface area contributed by atoms with Gasteiger partial charge in [-0.15, -0.1) is 0 Å². The first-order chi connectivity index (χ1) is 10.3. The zero-order valence-corrected chi connectivity index (χ0v) is 11.5. The molecule has 3 heterocycles. The molecule has 21 heavy (non-hydrogen) atoms. The molecule has 1 fully saturated rings. The Balaban J connectivity index is 1.58. The highest BCUT2D eigenvalue weighted by Crippen LogP contribution is 2.16. The Morgan fingerprint density at radius 2 is 2.05 bits per heavy atom. The first-order valence-corrected chi connectivity index (χ1v) is 6.91. The van der Waals surface area contributed by atoms with Crippen LogP contribution in [-0.2, 0) is 4.79 Å². The van der Waals surface area contributed by atoms with E-state index in [-0.39, 0.29) is 5.91 Å². The molecule has 1 N–H and O–H groups in total. The molecule has 2 aromatic heterocycles. The number of nitrogens with one attached hydrogen (secondary N) is 1. The number of amides is 1. The van der Waals surface area contributed by atoms with E-state index in [9.17, 15) is 4.79 Å². The van der Waals surface area contributed by atoms with Crippen LogP contribution in [0.15, 0.2) is 41.3 Å². The van der Waals surface area contributed by atoms with Crippen molar-refractivity contribution in [2.24, 2.45) is 0 Å². The van der Waals surface area contributed by atoms with Gasteiger partial charge in [-0.3, -0.25) is 4.79 Å². The second-order valence-electron chi connectivity index (χ2n) is 4.80. The predicted molar refractivity (Wildman–Crippen MR) is 79.9 cm³/mol. The average Bonchev–Trinajstić information content (AvgIpc) is 3.19. The molecular formula is C15H16N4O2. The largest absolute Gasteiger partial charge is 0.465 e. The van der Waals surface area contributed by atoms with Crippen molar-refractivity contribution in [3.05, 3.63) is 42.6 Å². The quantitative estimate of drug-likeness (QED) is 0.872. The van der Waals surface area contributed by atoms with Gasteiger partial charge in [0.2, 0.25) is 11.9 Å². The van der Waals surface area contributed by atoms with Crippen LogP contribution in [0, 0.1) is 0 Å². The molecule has 0 unspecified atom stereocenters. The molecule has 2 aromatic rings. The number of hydrogen-bond acceptors (Lipinski definition) is 5. The molecule has 1 aliphatic rings. The Hall–Kier alpha value is -2.63. The van der Waals surface area contributed by atoms with Gasteiger partial charge in [0, 0.05) is 19.2 Å². The van der Waals surface area contributed by atoms with Crippen LogP contribution in [0.4, 0.5) is 11.6 Å². The van der Waals surface area contributed by atoms with Crippen LogP contribution >= 0.6 is 0 Å². The highest BCUT2D eigenvalue weighted by molar-refractivity contribution is 6.01. The van der Waals surface area contributed by atoms with Crippen molar-refractivity contribution < 1.29 is 9.21 Å². The third kappa shape index (κ3) is 3.47. The molecule has 0 radical (unpaired) electrons. The molecule has 6 heteroatoms. The summed E-state index contributed by atoms with van der Waals surface area (Å²) in [6.07, 6.45) is 10.2. The fourth-order valence-electron chi connectivity index (χ4n) is 2.19. The first kappa shape index (κ1) is 13.4. The van der Waals surface area contributed by atoms with Crippen molar-refractivity contribution in [3.63, 3.8) is 0 Å². The third-order valence-electron chi connectivity index (χ3n) is 3.24. The maximum atomic E-state index is 11.7. The van der Waals surface area contributed by atoms with Gasteiger partial charge in [0.05, 0.1) is 24.3 Å². The monoisotopic (exact) mass is 284 g/mol. The van der Waals surface area contributed by atoms with Crippen LogP contribution in [0.2, 0.25) is 0 Å². The van der Waals surface area contributed by atoms with E-state index in [1.54, 1.807) is 36.9 Å². The van der Waals surface area contributed by atoms with Gasteiger partial charge in [0.1, 0.15) is 5.76 Å². The van der Waals surface area contributed by atoms with Gasteiger partial charge in [0.15, 0.2) is 0 Å². The Morgan fingerprint density at radius 3 is 2.71 bits per heavy atom. The normalized spacial score (nSPS) is 14.8. The fourth-order valence-corrected chi connectivity index (χ4v) is 2.19. The summed E-state index contributed by atoms with van der Waals surface area (Å²) in [6, 6.07) is 3.54. The van der Waals surface area contributed by atoms with Gasteiger partial charge in [0.25, 0.3) is 0 Å². The molecule has 108 valence electrons. The highest BCUT2D eigenvalue weighted by Gasteiger charge is 2.14. The van der Waals surface area contributed by atoms with Crippen molar-refractivity contribution in [2.75, 3.05) is 23.3 Å². The van der Waals surface area contributed by atoms with Gasteiger partial charge in [-0.25, -0.2) is 9.97 Å². The number of nitrogens with zero attached hydrogens (tertiary/aromatic N) is 3. The zero-order chi connectivity index (χ0) is 14.5. The molecule has 0 aliphatic carbocycles. The van der Waals surface area contributed by atoms with Crippen LogP contribution in [0.5, 0.6) is 0 Å². The average molecular weight is 284 g/mol. The Bertz CT molecular complexity index is 614. The molecule has 0 atom stereocenters. The number of aromatic nitrogens is 2. The number of hydrogen-bond donors (Lipinski definition) is 1. The van der Waals surface area contributed by atoms with Gasteiger partial charge < -0.3 is 14.6 Å². The molecule has 1 saturated heterocycles. The summed E-state index contributed by atoms with van der Waals surface area (Å²) in [4.78, 5) is 22.4. The summed E-state index contributed by atoms with van der Waals surface area (Å²) in [5, 5.41) is 2.71. The minimum Gasteiger partial charge on any atom is -0.465 e. The number of rotatable bonds is 4. The molecule has 0 aromatic carbocycles. The Kier molecular flexibility index (Phi) is 3.95. The topological polar surface area (TPSA) is 71.3 Å². The van der Waals surface area contributed by atoms with E-state index in [0.29, 0.717) is 11.4 Å². The summed E-state index contributed by atoms with van der Waals surface area (Å²) >= 11 is 0. The SMILES string of the molecule is O=C(/C=C/c1ccco1)Nc1cnc(N2CCCC2)nc1. The third-order valence-corrected chi connectivity index (χ3v) is 3.24. The standard InChI is InChI=1S/C15H16N4O2/c20-14(6-5-13-4-3-9-21-13)18-12-10-16-15(17-11-12)19-7-1-2-8-19/h3-6,9-11H,1-2,7-8H2,(H,18,20)/b6-5+. The molecule has 0 spiro atoms. The van der Waals surface area contributed by atoms with Gasteiger partial charge in [-0.1, -0.05) is 0 Å². The Labute approximate surface area is 122 Å². The number of carbonyl (C=O) groups is 1. The minimum atomic E-state index is -0.246. The van der Waals surface area contributed by atoms with Crippen LogP contribution < -0.4 is 10.2 Å². The molecule has 0 saturated carbocycles. The molecule has 0 bridgehead atoms. The molecule has 3 rings (SSSR count). The van der Waals surface area contributed by atoms with E-state index in [2.05, 4.69) is 20.2 Å². The van der Waals surface area contributed by atoms with Crippen LogP contribution in [0.3, 0.4) is 0 Å². The molecule has 1 amide bonds. The number of carbonyl (C=O) groups excluding carboxylic acids is 1. The van der Waals surface area contributed by atoms with Crippen molar-refractivity contribution in [1.82, 2.24) is 9.97 Å². The number of anilines is 2.